The molecule has 0 aliphatic heterocycles. The Labute approximate surface area is 321 Å². The Morgan fingerprint density at radius 3 is 1.82 bits per heavy atom. The van der Waals surface area contributed by atoms with E-state index < -0.39 is 0 Å². The molecule has 0 unspecified atom stereocenters. The highest BCUT2D eigenvalue weighted by Crippen LogP contribution is 2.58. The summed E-state index contributed by atoms with van der Waals surface area (Å²) in [5.74, 6) is 0.698. The molecule has 0 amide bonds. The van der Waals surface area contributed by atoms with Gasteiger partial charge in [-0.3, -0.25) is 0 Å². The van der Waals surface area contributed by atoms with Gasteiger partial charge in [0.2, 0.25) is 0 Å². The van der Waals surface area contributed by atoms with Crippen LogP contribution in [-0.4, -0.2) is 9.97 Å². The summed E-state index contributed by atoms with van der Waals surface area (Å²) in [7, 11) is 0. The number of para-hydroxylation sites is 1. The Hall–Kier alpha value is -6.58. The van der Waals surface area contributed by atoms with Crippen molar-refractivity contribution in [2.75, 3.05) is 0 Å². The first-order valence-corrected chi connectivity index (χ1v) is 19.5. The molecule has 2 aliphatic rings. The third kappa shape index (κ3) is 5.18. The molecule has 1 fully saturated rings. The summed E-state index contributed by atoms with van der Waals surface area (Å²) in [6, 6.07) is 60.7. The molecule has 7 aromatic carbocycles. The van der Waals surface area contributed by atoms with Gasteiger partial charge in [-0.2, -0.15) is 0 Å². The lowest BCUT2D eigenvalue weighted by Crippen LogP contribution is -2.27. The first-order chi connectivity index (χ1) is 27.2. The SMILES string of the molecule is c1ccc(-c2ccc(-c3nc(-c4ccccc4)cc(-c4ccc5oc6c(-c7cccc8c7-c7ccccc7C87CCCCC7)cccc6c5c4)n3)cc2)cc1. The Morgan fingerprint density at radius 1 is 0.418 bits per heavy atom. The highest BCUT2D eigenvalue weighted by molar-refractivity contribution is 6.12. The number of hydrogen-bond donors (Lipinski definition) is 0. The highest BCUT2D eigenvalue weighted by atomic mass is 16.3. The van der Waals surface area contributed by atoms with Gasteiger partial charge in [0, 0.05) is 38.4 Å². The summed E-state index contributed by atoms with van der Waals surface area (Å²) in [6.45, 7) is 0. The molecule has 0 saturated heterocycles. The third-order valence-corrected chi connectivity index (χ3v) is 12.1. The lowest BCUT2D eigenvalue weighted by molar-refractivity contribution is 0.353. The van der Waals surface area contributed by atoms with Gasteiger partial charge < -0.3 is 4.42 Å². The first kappa shape index (κ1) is 31.9. The molecule has 1 spiro atoms. The normalized spacial score (nSPS) is 14.3. The van der Waals surface area contributed by atoms with Gasteiger partial charge in [-0.1, -0.05) is 165 Å². The average molecular weight is 707 g/mol. The van der Waals surface area contributed by atoms with Crippen LogP contribution in [0.1, 0.15) is 43.2 Å². The minimum absolute atomic E-state index is 0.107. The molecule has 262 valence electrons. The number of rotatable bonds is 5. The van der Waals surface area contributed by atoms with Crippen LogP contribution in [0.4, 0.5) is 0 Å². The molecule has 9 aromatic rings. The second-order valence-corrected chi connectivity index (χ2v) is 15.2. The Morgan fingerprint density at radius 2 is 1.02 bits per heavy atom. The van der Waals surface area contributed by atoms with E-state index >= 15 is 0 Å². The van der Waals surface area contributed by atoms with Crippen molar-refractivity contribution in [2.24, 2.45) is 0 Å². The molecule has 1 saturated carbocycles. The maximum atomic E-state index is 6.81. The molecule has 0 N–H and O–H groups in total. The molecular weight excluding hydrogens is 669 g/mol. The number of nitrogens with zero attached hydrogens (tertiary/aromatic N) is 2. The Kier molecular flexibility index (Phi) is 7.41. The standard InChI is InChI=1S/C52H38N2O/c1-4-14-34(15-5-1)35-24-26-37(27-25-35)51-53-46(36-16-6-2-7-17-36)33-47(54-51)38-28-29-48-43(32-38)41-21-12-20-40(50(41)55-48)39-19-13-23-45-49(39)42-18-8-9-22-44(42)52(45)30-10-3-11-31-52/h1-2,4-9,12-29,32-33H,3,10-11,30-31H2. The molecule has 11 rings (SSSR count). The predicted octanol–water partition coefficient (Wildman–Crippen LogP) is 13.9. The Balaban J connectivity index is 1.04. The second-order valence-electron chi connectivity index (χ2n) is 15.2. The highest BCUT2D eigenvalue weighted by Gasteiger charge is 2.44. The average Bonchev–Trinajstić information content (AvgIpc) is 3.77. The van der Waals surface area contributed by atoms with E-state index in [-0.39, 0.29) is 5.41 Å². The summed E-state index contributed by atoms with van der Waals surface area (Å²) < 4.78 is 6.81. The number of benzene rings is 7. The summed E-state index contributed by atoms with van der Waals surface area (Å²) >= 11 is 0. The second kappa shape index (κ2) is 12.8. The van der Waals surface area contributed by atoms with Gasteiger partial charge in [0.25, 0.3) is 0 Å². The number of fused-ring (bicyclic) bond motifs is 8. The van der Waals surface area contributed by atoms with Crippen molar-refractivity contribution in [3.63, 3.8) is 0 Å². The first-order valence-electron chi connectivity index (χ1n) is 19.5. The lowest BCUT2D eigenvalue weighted by atomic mass is 9.68. The quantitative estimate of drug-likeness (QED) is 0.179. The van der Waals surface area contributed by atoms with E-state index in [9.17, 15) is 0 Å². The van der Waals surface area contributed by atoms with Crippen LogP contribution in [0.15, 0.2) is 174 Å². The van der Waals surface area contributed by atoms with Crippen LogP contribution < -0.4 is 0 Å². The summed E-state index contributed by atoms with van der Waals surface area (Å²) in [4.78, 5) is 10.3. The van der Waals surface area contributed by atoms with Crippen molar-refractivity contribution in [1.29, 1.82) is 0 Å². The largest absolute Gasteiger partial charge is 0.455 e. The van der Waals surface area contributed by atoms with Crippen LogP contribution >= 0.6 is 0 Å². The van der Waals surface area contributed by atoms with Crippen molar-refractivity contribution in [3.05, 3.63) is 181 Å². The molecule has 0 radical (unpaired) electrons. The van der Waals surface area contributed by atoms with E-state index in [1.807, 2.05) is 12.1 Å². The maximum Gasteiger partial charge on any atom is 0.160 e. The minimum Gasteiger partial charge on any atom is -0.455 e. The van der Waals surface area contributed by atoms with E-state index in [0.717, 1.165) is 55.6 Å². The molecule has 0 bridgehead atoms. The molecular formula is C52H38N2O. The van der Waals surface area contributed by atoms with Crippen LogP contribution in [0.3, 0.4) is 0 Å². The fourth-order valence-electron chi connectivity index (χ4n) is 9.52. The maximum absolute atomic E-state index is 6.81. The minimum atomic E-state index is 0.107. The van der Waals surface area contributed by atoms with Gasteiger partial charge in [0.1, 0.15) is 11.2 Å². The monoisotopic (exact) mass is 706 g/mol. The fraction of sp³-hybridized carbons (Fsp3) is 0.115. The van der Waals surface area contributed by atoms with Crippen molar-refractivity contribution in [2.45, 2.75) is 37.5 Å². The molecule has 3 heteroatoms. The summed E-state index contributed by atoms with van der Waals surface area (Å²) in [5.41, 5.74) is 17.2. The summed E-state index contributed by atoms with van der Waals surface area (Å²) in [5, 5.41) is 2.19. The zero-order chi connectivity index (χ0) is 36.3. The van der Waals surface area contributed by atoms with Crippen LogP contribution in [0.2, 0.25) is 0 Å². The van der Waals surface area contributed by atoms with Crippen molar-refractivity contribution < 1.29 is 4.42 Å². The van der Waals surface area contributed by atoms with Crippen LogP contribution in [0, 0.1) is 0 Å². The summed E-state index contributed by atoms with van der Waals surface area (Å²) in [6.07, 6.45) is 6.31. The van der Waals surface area contributed by atoms with E-state index in [1.165, 1.54) is 71.0 Å². The zero-order valence-electron chi connectivity index (χ0n) is 30.5. The predicted molar refractivity (Wildman–Crippen MR) is 226 cm³/mol. The Bertz CT molecular complexity index is 2880. The van der Waals surface area contributed by atoms with Crippen LogP contribution in [0.25, 0.3) is 89.2 Å². The molecule has 55 heavy (non-hydrogen) atoms. The van der Waals surface area contributed by atoms with Crippen LogP contribution in [-0.2, 0) is 5.41 Å². The lowest BCUT2D eigenvalue weighted by Gasteiger charge is -2.36. The van der Waals surface area contributed by atoms with Gasteiger partial charge in [-0.15, -0.1) is 0 Å². The molecule has 0 atom stereocenters. The molecule has 2 aliphatic carbocycles. The number of furan rings is 1. The van der Waals surface area contributed by atoms with Crippen molar-refractivity contribution in [1.82, 2.24) is 9.97 Å². The molecule has 3 nitrogen and oxygen atoms in total. The van der Waals surface area contributed by atoms with Gasteiger partial charge in [0.15, 0.2) is 5.82 Å². The number of aromatic nitrogens is 2. The smallest absolute Gasteiger partial charge is 0.160 e. The molecule has 2 heterocycles. The van der Waals surface area contributed by atoms with Crippen molar-refractivity contribution >= 4 is 21.9 Å². The van der Waals surface area contributed by atoms with E-state index in [0.29, 0.717) is 5.82 Å². The van der Waals surface area contributed by atoms with E-state index in [4.69, 9.17) is 14.4 Å². The fourth-order valence-corrected chi connectivity index (χ4v) is 9.52. The van der Waals surface area contributed by atoms with Crippen molar-refractivity contribution in [3.8, 4) is 67.3 Å². The third-order valence-electron chi connectivity index (χ3n) is 12.1. The van der Waals surface area contributed by atoms with Gasteiger partial charge >= 0.3 is 0 Å². The van der Waals surface area contributed by atoms with E-state index in [2.05, 4.69) is 158 Å². The van der Waals surface area contributed by atoms with Gasteiger partial charge in [-0.25, -0.2) is 9.97 Å². The molecule has 2 aromatic heterocycles. The van der Waals surface area contributed by atoms with Crippen LogP contribution in [0.5, 0.6) is 0 Å². The zero-order valence-corrected chi connectivity index (χ0v) is 30.5. The van der Waals surface area contributed by atoms with Gasteiger partial charge in [-0.05, 0) is 76.1 Å². The number of hydrogen-bond acceptors (Lipinski definition) is 3. The van der Waals surface area contributed by atoms with Gasteiger partial charge in [0.05, 0.1) is 11.4 Å². The van der Waals surface area contributed by atoms with E-state index in [1.54, 1.807) is 0 Å². The topological polar surface area (TPSA) is 38.9 Å².